The van der Waals surface area contributed by atoms with E-state index in [1.165, 1.54) is 18.4 Å². The standard InChI is InChI=1S/C15H20ClNOS/c16-13-3-1-11(2-4-13)12-7-14(8-12)17-9-15(18)5-6-19-10-15/h1-4,12,14,17-18H,5-10H2/t12?,14?,15-/m0/s1. The van der Waals surface area contributed by atoms with E-state index >= 15 is 0 Å². The number of hydrogen-bond donors (Lipinski definition) is 2. The Morgan fingerprint density at radius 3 is 2.68 bits per heavy atom. The van der Waals surface area contributed by atoms with Crippen molar-refractivity contribution in [3.8, 4) is 0 Å². The number of nitrogens with one attached hydrogen (secondary N) is 1. The summed E-state index contributed by atoms with van der Waals surface area (Å²) in [5.74, 6) is 2.63. The number of rotatable bonds is 4. The van der Waals surface area contributed by atoms with Crippen molar-refractivity contribution < 1.29 is 5.11 Å². The smallest absolute Gasteiger partial charge is 0.0869 e. The van der Waals surface area contributed by atoms with E-state index in [4.69, 9.17) is 11.6 Å². The van der Waals surface area contributed by atoms with Gasteiger partial charge in [-0.25, -0.2) is 0 Å². The largest absolute Gasteiger partial charge is 0.388 e. The predicted octanol–water partition coefficient (Wildman–Crippen LogP) is 3.04. The van der Waals surface area contributed by atoms with Crippen LogP contribution in [0.15, 0.2) is 24.3 Å². The molecule has 1 saturated heterocycles. The van der Waals surface area contributed by atoms with Crippen LogP contribution in [-0.4, -0.2) is 34.8 Å². The van der Waals surface area contributed by atoms with E-state index in [0.717, 1.165) is 29.5 Å². The number of hydrogen-bond acceptors (Lipinski definition) is 3. The Kier molecular flexibility index (Phi) is 4.08. The molecule has 1 aliphatic heterocycles. The van der Waals surface area contributed by atoms with E-state index in [1.54, 1.807) is 0 Å². The molecule has 0 unspecified atom stereocenters. The third-order valence-electron chi connectivity index (χ3n) is 4.28. The zero-order chi connectivity index (χ0) is 13.3. The molecule has 0 radical (unpaired) electrons. The van der Waals surface area contributed by atoms with E-state index in [-0.39, 0.29) is 0 Å². The van der Waals surface area contributed by atoms with E-state index in [9.17, 15) is 5.11 Å². The summed E-state index contributed by atoms with van der Waals surface area (Å²) in [7, 11) is 0. The Hall–Kier alpha value is -0.220. The lowest BCUT2D eigenvalue weighted by Gasteiger charge is -2.38. The van der Waals surface area contributed by atoms with Crippen LogP contribution in [0.5, 0.6) is 0 Å². The van der Waals surface area contributed by atoms with Crippen LogP contribution in [0, 0.1) is 0 Å². The van der Waals surface area contributed by atoms with Gasteiger partial charge in [-0.05, 0) is 48.6 Å². The summed E-state index contributed by atoms with van der Waals surface area (Å²) >= 11 is 7.76. The molecule has 0 spiro atoms. The molecule has 2 nitrogen and oxygen atoms in total. The molecular formula is C15H20ClNOS. The highest BCUT2D eigenvalue weighted by Crippen LogP contribution is 2.37. The average molecular weight is 298 g/mol. The predicted molar refractivity (Wildman–Crippen MR) is 82.1 cm³/mol. The first kappa shape index (κ1) is 13.7. The molecule has 19 heavy (non-hydrogen) atoms. The third kappa shape index (κ3) is 3.27. The van der Waals surface area contributed by atoms with Crippen molar-refractivity contribution in [3.63, 3.8) is 0 Å². The van der Waals surface area contributed by atoms with Gasteiger partial charge in [0.25, 0.3) is 0 Å². The number of halogens is 1. The van der Waals surface area contributed by atoms with Crippen LogP contribution in [-0.2, 0) is 0 Å². The lowest BCUT2D eigenvalue weighted by Crippen LogP contribution is -2.48. The summed E-state index contributed by atoms with van der Waals surface area (Å²) in [5, 5.41) is 14.6. The maximum absolute atomic E-state index is 10.3. The van der Waals surface area contributed by atoms with Gasteiger partial charge in [-0.15, -0.1) is 0 Å². The summed E-state index contributed by atoms with van der Waals surface area (Å²) in [5.41, 5.74) is 0.924. The molecule has 1 aromatic carbocycles. The zero-order valence-corrected chi connectivity index (χ0v) is 12.5. The maximum Gasteiger partial charge on any atom is 0.0869 e. The van der Waals surface area contributed by atoms with Crippen LogP contribution in [0.3, 0.4) is 0 Å². The van der Waals surface area contributed by atoms with Crippen LogP contribution >= 0.6 is 23.4 Å². The molecule has 0 amide bonds. The fraction of sp³-hybridized carbons (Fsp3) is 0.600. The van der Waals surface area contributed by atoms with Gasteiger partial charge in [0.15, 0.2) is 0 Å². The second-order valence-corrected chi connectivity index (χ2v) is 7.37. The van der Waals surface area contributed by atoms with Crippen LogP contribution < -0.4 is 5.32 Å². The van der Waals surface area contributed by atoms with E-state index in [2.05, 4.69) is 17.4 Å². The van der Waals surface area contributed by atoms with E-state index in [0.29, 0.717) is 12.0 Å². The molecule has 2 aliphatic rings. The SMILES string of the molecule is O[C@]1(CNC2CC(c3ccc(Cl)cc3)C2)CCSC1. The fourth-order valence-corrected chi connectivity index (χ4v) is 4.28. The maximum atomic E-state index is 10.3. The summed E-state index contributed by atoms with van der Waals surface area (Å²) in [6.45, 7) is 0.748. The summed E-state index contributed by atoms with van der Waals surface area (Å²) in [6, 6.07) is 8.76. The molecule has 1 aliphatic carbocycles. The van der Waals surface area contributed by atoms with Gasteiger partial charge < -0.3 is 10.4 Å². The fourth-order valence-electron chi connectivity index (χ4n) is 2.86. The van der Waals surface area contributed by atoms with Crippen molar-refractivity contribution >= 4 is 23.4 Å². The minimum Gasteiger partial charge on any atom is -0.388 e. The molecule has 0 aromatic heterocycles. The normalized spacial score (nSPS) is 34.2. The van der Waals surface area contributed by atoms with Crippen LogP contribution in [0.25, 0.3) is 0 Å². The average Bonchev–Trinajstić information content (AvgIpc) is 2.77. The van der Waals surface area contributed by atoms with E-state index in [1.807, 2.05) is 23.9 Å². The van der Waals surface area contributed by atoms with Crippen LogP contribution in [0.4, 0.5) is 0 Å². The van der Waals surface area contributed by atoms with Gasteiger partial charge in [0.2, 0.25) is 0 Å². The Bertz CT molecular complexity index is 424. The molecule has 1 heterocycles. The molecule has 104 valence electrons. The summed E-state index contributed by atoms with van der Waals surface area (Å²) in [4.78, 5) is 0. The topological polar surface area (TPSA) is 32.3 Å². The molecule has 0 bridgehead atoms. The minimum absolute atomic E-state index is 0.462. The first-order valence-corrected chi connectivity index (χ1v) is 8.47. The quantitative estimate of drug-likeness (QED) is 0.896. The number of aliphatic hydroxyl groups is 1. The lowest BCUT2D eigenvalue weighted by molar-refractivity contribution is 0.0595. The van der Waals surface area contributed by atoms with Crippen LogP contribution in [0.2, 0.25) is 5.02 Å². The van der Waals surface area contributed by atoms with Gasteiger partial charge in [0.05, 0.1) is 5.60 Å². The van der Waals surface area contributed by atoms with Crippen molar-refractivity contribution in [2.75, 3.05) is 18.1 Å². The molecule has 1 aromatic rings. The highest BCUT2D eigenvalue weighted by Gasteiger charge is 2.35. The number of benzene rings is 1. The lowest BCUT2D eigenvalue weighted by atomic mass is 9.75. The van der Waals surface area contributed by atoms with Crippen molar-refractivity contribution in [3.05, 3.63) is 34.9 Å². The summed E-state index contributed by atoms with van der Waals surface area (Å²) in [6.07, 6.45) is 3.27. The minimum atomic E-state index is -0.462. The van der Waals surface area contributed by atoms with Crippen molar-refractivity contribution in [1.29, 1.82) is 0 Å². The molecule has 2 N–H and O–H groups in total. The van der Waals surface area contributed by atoms with Crippen LogP contribution in [0.1, 0.15) is 30.7 Å². The monoisotopic (exact) mass is 297 g/mol. The highest BCUT2D eigenvalue weighted by atomic mass is 35.5. The Morgan fingerprint density at radius 2 is 2.05 bits per heavy atom. The van der Waals surface area contributed by atoms with Gasteiger partial charge in [-0.2, -0.15) is 11.8 Å². The molecule has 1 saturated carbocycles. The Balaban J connectivity index is 1.44. The van der Waals surface area contributed by atoms with Crippen molar-refractivity contribution in [1.82, 2.24) is 5.32 Å². The summed E-state index contributed by atoms with van der Waals surface area (Å²) < 4.78 is 0. The van der Waals surface area contributed by atoms with Gasteiger partial charge in [0.1, 0.15) is 0 Å². The molecule has 3 rings (SSSR count). The van der Waals surface area contributed by atoms with Crippen molar-refractivity contribution in [2.24, 2.45) is 0 Å². The zero-order valence-electron chi connectivity index (χ0n) is 10.9. The Labute approximate surface area is 123 Å². The van der Waals surface area contributed by atoms with Gasteiger partial charge in [-0.1, -0.05) is 23.7 Å². The molecule has 2 fully saturated rings. The first-order chi connectivity index (χ1) is 9.15. The number of thioether (sulfide) groups is 1. The highest BCUT2D eigenvalue weighted by molar-refractivity contribution is 7.99. The first-order valence-electron chi connectivity index (χ1n) is 6.94. The molecule has 4 heteroatoms. The Morgan fingerprint density at radius 1 is 1.32 bits per heavy atom. The van der Waals surface area contributed by atoms with Gasteiger partial charge in [0, 0.05) is 23.4 Å². The second kappa shape index (κ2) is 5.65. The van der Waals surface area contributed by atoms with Crippen molar-refractivity contribution in [2.45, 2.75) is 36.8 Å². The second-order valence-electron chi connectivity index (χ2n) is 5.82. The van der Waals surface area contributed by atoms with E-state index < -0.39 is 5.60 Å². The molecular weight excluding hydrogens is 278 g/mol. The third-order valence-corrected chi connectivity index (χ3v) is 5.77. The van der Waals surface area contributed by atoms with Gasteiger partial charge in [-0.3, -0.25) is 0 Å². The molecule has 1 atom stereocenters. The van der Waals surface area contributed by atoms with Gasteiger partial charge >= 0.3 is 0 Å².